The normalized spacial score (nSPS) is 14.0. The second-order valence-electron chi connectivity index (χ2n) is 5.19. The van der Waals surface area contributed by atoms with Crippen molar-refractivity contribution in [3.05, 3.63) is 0 Å². The molecule has 0 radical (unpaired) electrons. The van der Waals surface area contributed by atoms with E-state index in [1.165, 1.54) is 0 Å². The smallest absolute Gasteiger partial charge is 0.336 e. The number of hydrogen-bond acceptors (Lipinski definition) is 6. The highest BCUT2D eigenvalue weighted by atomic mass is 16.6. The van der Waals surface area contributed by atoms with Gasteiger partial charge in [0.05, 0.1) is 18.3 Å². The molecule has 126 valence electrons. The standard InChI is InChI=1S/C14H22O8/c1-4-13(5-2,6-3)12(20)22-10(17)8-14(21,11(18)19)7-9(15)16/h21H,4-8H2,1-3H3,(H,15,16)(H,18,19). The Hall–Kier alpha value is -1.96. The number of carboxylic acid groups (broad SMARTS) is 2. The maximum absolute atomic E-state index is 12.1. The van der Waals surface area contributed by atoms with Crippen LogP contribution >= 0.6 is 0 Å². The number of carbonyl (C=O) groups is 4. The lowest BCUT2D eigenvalue weighted by Gasteiger charge is -2.27. The molecule has 0 saturated heterocycles. The van der Waals surface area contributed by atoms with Gasteiger partial charge in [-0.3, -0.25) is 14.4 Å². The predicted octanol–water partition coefficient (Wildman–Crippen LogP) is 0.953. The van der Waals surface area contributed by atoms with Crippen molar-refractivity contribution in [1.82, 2.24) is 0 Å². The zero-order chi connectivity index (χ0) is 17.6. The van der Waals surface area contributed by atoms with Gasteiger partial charge in [0, 0.05) is 0 Å². The van der Waals surface area contributed by atoms with E-state index >= 15 is 0 Å². The summed E-state index contributed by atoms with van der Waals surface area (Å²) < 4.78 is 4.62. The largest absolute Gasteiger partial charge is 0.481 e. The van der Waals surface area contributed by atoms with E-state index in [9.17, 15) is 24.3 Å². The van der Waals surface area contributed by atoms with Gasteiger partial charge in [-0.2, -0.15) is 0 Å². The van der Waals surface area contributed by atoms with Gasteiger partial charge in [-0.25, -0.2) is 4.79 Å². The first-order valence-electron chi connectivity index (χ1n) is 6.99. The van der Waals surface area contributed by atoms with E-state index in [4.69, 9.17) is 10.2 Å². The van der Waals surface area contributed by atoms with Gasteiger partial charge >= 0.3 is 23.9 Å². The van der Waals surface area contributed by atoms with Crippen molar-refractivity contribution in [1.29, 1.82) is 0 Å². The van der Waals surface area contributed by atoms with Gasteiger partial charge in [0.2, 0.25) is 0 Å². The van der Waals surface area contributed by atoms with Crippen molar-refractivity contribution in [2.24, 2.45) is 5.41 Å². The quantitative estimate of drug-likeness (QED) is 0.422. The molecule has 0 saturated carbocycles. The topological polar surface area (TPSA) is 138 Å². The highest BCUT2D eigenvalue weighted by molar-refractivity contribution is 5.93. The summed E-state index contributed by atoms with van der Waals surface area (Å²) in [5.41, 5.74) is -3.67. The first-order valence-corrected chi connectivity index (χ1v) is 6.99. The third-order valence-corrected chi connectivity index (χ3v) is 3.95. The second-order valence-corrected chi connectivity index (χ2v) is 5.19. The molecule has 8 heteroatoms. The van der Waals surface area contributed by atoms with Gasteiger partial charge in [-0.15, -0.1) is 0 Å². The minimum absolute atomic E-state index is 0.435. The summed E-state index contributed by atoms with van der Waals surface area (Å²) >= 11 is 0. The molecule has 0 bridgehead atoms. The SMILES string of the molecule is CCC(CC)(CC)C(=O)OC(=O)CC(O)(CC(=O)O)C(=O)O. The first kappa shape index (κ1) is 20.0. The Labute approximate surface area is 128 Å². The van der Waals surface area contributed by atoms with Gasteiger partial charge in [0.1, 0.15) is 0 Å². The van der Waals surface area contributed by atoms with Crippen LogP contribution in [0, 0.1) is 5.41 Å². The number of carboxylic acids is 2. The first-order chi connectivity index (χ1) is 10.1. The molecule has 0 aliphatic carbocycles. The van der Waals surface area contributed by atoms with Crippen LogP contribution in [0.2, 0.25) is 0 Å². The van der Waals surface area contributed by atoms with Crippen molar-refractivity contribution in [3.63, 3.8) is 0 Å². The molecule has 0 aliphatic rings. The minimum Gasteiger partial charge on any atom is -0.481 e. The summed E-state index contributed by atoms with van der Waals surface area (Å²) in [5.74, 6) is -5.52. The minimum atomic E-state index is -2.81. The van der Waals surface area contributed by atoms with Crippen LogP contribution in [0.1, 0.15) is 52.9 Å². The fourth-order valence-electron chi connectivity index (χ4n) is 2.13. The van der Waals surface area contributed by atoms with Crippen LogP contribution in [0.3, 0.4) is 0 Å². The lowest BCUT2D eigenvalue weighted by Crippen LogP contribution is -2.44. The van der Waals surface area contributed by atoms with Crippen molar-refractivity contribution in [3.8, 4) is 0 Å². The molecular formula is C14H22O8. The molecule has 0 aromatic heterocycles. The molecular weight excluding hydrogens is 296 g/mol. The third kappa shape index (κ3) is 4.80. The molecule has 22 heavy (non-hydrogen) atoms. The number of aliphatic hydroxyl groups is 1. The summed E-state index contributed by atoms with van der Waals surface area (Å²) in [6.45, 7) is 5.28. The Morgan fingerprint density at radius 2 is 1.36 bits per heavy atom. The lowest BCUT2D eigenvalue weighted by molar-refractivity contribution is -0.178. The highest BCUT2D eigenvalue weighted by Crippen LogP contribution is 2.32. The zero-order valence-electron chi connectivity index (χ0n) is 12.9. The number of carbonyl (C=O) groups excluding carboxylic acids is 2. The van der Waals surface area contributed by atoms with Crippen molar-refractivity contribution in [2.45, 2.75) is 58.5 Å². The number of aliphatic carboxylic acids is 2. The van der Waals surface area contributed by atoms with Crippen LogP contribution in [0.25, 0.3) is 0 Å². The molecule has 0 spiro atoms. The lowest BCUT2D eigenvalue weighted by atomic mass is 9.80. The summed E-state index contributed by atoms with van der Waals surface area (Å²) in [7, 11) is 0. The number of ether oxygens (including phenoxy) is 1. The van der Waals surface area contributed by atoms with Crippen LogP contribution in [-0.4, -0.2) is 44.8 Å². The van der Waals surface area contributed by atoms with Crippen LogP contribution in [0.4, 0.5) is 0 Å². The molecule has 0 rings (SSSR count). The maximum atomic E-state index is 12.1. The maximum Gasteiger partial charge on any atom is 0.336 e. The molecule has 0 aromatic carbocycles. The molecule has 1 unspecified atom stereocenters. The molecule has 0 aromatic rings. The molecule has 0 fully saturated rings. The van der Waals surface area contributed by atoms with Crippen LogP contribution in [0.5, 0.6) is 0 Å². The van der Waals surface area contributed by atoms with Gasteiger partial charge in [0.15, 0.2) is 5.60 Å². The Bertz CT molecular complexity index is 443. The van der Waals surface area contributed by atoms with Gasteiger partial charge in [-0.05, 0) is 19.3 Å². The van der Waals surface area contributed by atoms with Crippen LogP contribution < -0.4 is 0 Å². The van der Waals surface area contributed by atoms with E-state index in [2.05, 4.69) is 4.74 Å². The van der Waals surface area contributed by atoms with E-state index in [0.717, 1.165) is 0 Å². The predicted molar refractivity (Wildman–Crippen MR) is 73.9 cm³/mol. The Kier molecular flexibility index (Phi) is 7.18. The average molecular weight is 318 g/mol. The highest BCUT2D eigenvalue weighted by Gasteiger charge is 2.43. The summed E-state index contributed by atoms with van der Waals surface area (Å²) in [6, 6.07) is 0. The van der Waals surface area contributed by atoms with Crippen molar-refractivity contribution in [2.75, 3.05) is 0 Å². The summed E-state index contributed by atoms with van der Waals surface area (Å²) in [5, 5.41) is 27.2. The molecule has 3 N–H and O–H groups in total. The molecule has 8 nitrogen and oxygen atoms in total. The Morgan fingerprint density at radius 1 is 0.909 bits per heavy atom. The third-order valence-electron chi connectivity index (χ3n) is 3.95. The van der Waals surface area contributed by atoms with Crippen molar-refractivity contribution < 1.29 is 39.2 Å². The van der Waals surface area contributed by atoms with Gasteiger partial charge < -0.3 is 20.1 Å². The monoisotopic (exact) mass is 318 g/mol. The molecule has 0 heterocycles. The molecule has 0 amide bonds. The van der Waals surface area contributed by atoms with E-state index in [1.54, 1.807) is 20.8 Å². The Balaban J connectivity index is 5.03. The van der Waals surface area contributed by atoms with Gasteiger partial charge in [0.25, 0.3) is 0 Å². The average Bonchev–Trinajstić information content (AvgIpc) is 2.39. The van der Waals surface area contributed by atoms with Gasteiger partial charge in [-0.1, -0.05) is 20.8 Å². The van der Waals surface area contributed by atoms with E-state index in [1.807, 2.05) is 0 Å². The second kappa shape index (κ2) is 7.88. The van der Waals surface area contributed by atoms with E-state index in [-0.39, 0.29) is 0 Å². The zero-order valence-corrected chi connectivity index (χ0v) is 12.9. The van der Waals surface area contributed by atoms with Crippen LogP contribution in [0.15, 0.2) is 0 Å². The van der Waals surface area contributed by atoms with Crippen LogP contribution in [-0.2, 0) is 23.9 Å². The molecule has 1 atom stereocenters. The number of rotatable bonds is 9. The number of hydrogen-bond donors (Lipinski definition) is 3. The fraction of sp³-hybridized carbons (Fsp3) is 0.714. The number of esters is 2. The van der Waals surface area contributed by atoms with E-state index < -0.39 is 47.7 Å². The summed E-state index contributed by atoms with van der Waals surface area (Å²) in [6.07, 6.45) is -0.987. The fourth-order valence-corrected chi connectivity index (χ4v) is 2.13. The summed E-state index contributed by atoms with van der Waals surface area (Å²) in [4.78, 5) is 45.3. The Morgan fingerprint density at radius 3 is 1.68 bits per heavy atom. The molecule has 0 aliphatic heterocycles. The van der Waals surface area contributed by atoms with Crippen molar-refractivity contribution >= 4 is 23.9 Å². The van der Waals surface area contributed by atoms with E-state index in [0.29, 0.717) is 19.3 Å².